The molecule has 0 spiro atoms. The lowest BCUT2D eigenvalue weighted by molar-refractivity contribution is 0.0748. The highest BCUT2D eigenvalue weighted by atomic mass is 35.5. The average Bonchev–Trinajstić information content (AvgIpc) is 3.07. The van der Waals surface area contributed by atoms with Gasteiger partial charge in [-0.05, 0) is 54.7 Å². The molecular weight excluding hydrogens is 454 g/mol. The molecule has 0 bridgehead atoms. The molecule has 7 heteroatoms. The molecule has 0 saturated carbocycles. The highest BCUT2D eigenvalue weighted by Crippen LogP contribution is 2.41. The molecule has 1 unspecified atom stereocenters. The first-order valence-electron chi connectivity index (χ1n) is 11.3. The summed E-state index contributed by atoms with van der Waals surface area (Å²) in [6, 6.07) is 8.10. The summed E-state index contributed by atoms with van der Waals surface area (Å²) < 4.78 is 17.5. The van der Waals surface area contributed by atoms with Crippen LogP contribution in [-0.4, -0.2) is 31.1 Å². The van der Waals surface area contributed by atoms with Gasteiger partial charge in [-0.25, -0.2) is 0 Å². The fourth-order valence-electron chi connectivity index (χ4n) is 4.19. The third-order valence-corrected chi connectivity index (χ3v) is 6.44. The SMILES string of the molecule is C=CCN1C(=O)c2oc3cc(C)c(Cl)cc3c(=O)c2C1c1ccc(OCCC(C)C)c(OC)c1. The summed E-state index contributed by atoms with van der Waals surface area (Å²) in [6.45, 7) is 10.7. The van der Waals surface area contributed by atoms with Crippen molar-refractivity contribution in [3.63, 3.8) is 0 Å². The van der Waals surface area contributed by atoms with E-state index in [2.05, 4.69) is 20.4 Å². The summed E-state index contributed by atoms with van der Waals surface area (Å²) in [7, 11) is 1.57. The van der Waals surface area contributed by atoms with Crippen LogP contribution in [0.1, 0.15) is 53.6 Å². The predicted molar refractivity (Wildman–Crippen MR) is 133 cm³/mol. The quantitative estimate of drug-likeness (QED) is 0.373. The Bertz CT molecular complexity index is 1330. The zero-order chi connectivity index (χ0) is 24.6. The highest BCUT2D eigenvalue weighted by molar-refractivity contribution is 6.32. The van der Waals surface area contributed by atoms with Crippen LogP contribution in [-0.2, 0) is 0 Å². The molecule has 0 N–H and O–H groups in total. The first-order chi connectivity index (χ1) is 16.3. The Hall–Kier alpha value is -3.25. The number of rotatable bonds is 8. The number of amides is 1. The molecule has 1 aliphatic rings. The van der Waals surface area contributed by atoms with E-state index < -0.39 is 6.04 Å². The van der Waals surface area contributed by atoms with Crippen LogP contribution >= 0.6 is 11.6 Å². The average molecular weight is 482 g/mol. The van der Waals surface area contributed by atoms with Gasteiger partial charge in [-0.2, -0.15) is 0 Å². The van der Waals surface area contributed by atoms with Crippen molar-refractivity contribution in [2.24, 2.45) is 5.92 Å². The van der Waals surface area contributed by atoms with Crippen LogP contribution in [0.3, 0.4) is 0 Å². The zero-order valence-electron chi connectivity index (χ0n) is 19.8. The maximum absolute atomic E-state index is 13.6. The molecule has 0 radical (unpaired) electrons. The summed E-state index contributed by atoms with van der Waals surface area (Å²) in [5.41, 5.74) is 1.82. The molecule has 0 aliphatic carbocycles. The number of ether oxygens (including phenoxy) is 2. The molecule has 1 atom stereocenters. The standard InChI is InChI=1S/C27H28ClNO5/c1-6-10-29-24(17-7-8-20(22(13-17)32-5)33-11-9-15(2)3)23-25(30)18-14-19(28)16(4)12-21(18)34-26(23)27(29)31/h6-8,12-15,24H,1,9-11H2,2-5H3. The number of hydrogen-bond donors (Lipinski definition) is 0. The number of carbonyl (C=O) groups excluding carboxylic acids is 1. The fourth-order valence-corrected chi connectivity index (χ4v) is 4.36. The first-order valence-corrected chi connectivity index (χ1v) is 11.6. The highest BCUT2D eigenvalue weighted by Gasteiger charge is 2.42. The smallest absolute Gasteiger partial charge is 0.291 e. The normalized spacial score (nSPS) is 15.2. The van der Waals surface area contributed by atoms with Crippen LogP contribution < -0.4 is 14.9 Å². The molecule has 1 amide bonds. The molecule has 0 saturated heterocycles. The number of fused-ring (bicyclic) bond motifs is 2. The Kier molecular flexibility index (Phi) is 6.71. The van der Waals surface area contributed by atoms with Gasteiger partial charge in [0, 0.05) is 11.6 Å². The van der Waals surface area contributed by atoms with Gasteiger partial charge in [0.05, 0.1) is 30.7 Å². The topological polar surface area (TPSA) is 69.0 Å². The Balaban J connectivity index is 1.85. The third kappa shape index (κ3) is 4.18. The van der Waals surface area contributed by atoms with Gasteiger partial charge >= 0.3 is 0 Å². The minimum atomic E-state index is -0.653. The number of nitrogens with zero attached hydrogens (tertiary/aromatic N) is 1. The number of benzene rings is 2. The molecule has 6 nitrogen and oxygen atoms in total. The molecule has 34 heavy (non-hydrogen) atoms. The van der Waals surface area contributed by atoms with Crippen LogP contribution in [0.4, 0.5) is 0 Å². The van der Waals surface area contributed by atoms with Gasteiger partial charge in [-0.1, -0.05) is 37.6 Å². The molecule has 3 aromatic rings. The molecule has 0 fully saturated rings. The second-order valence-corrected chi connectivity index (χ2v) is 9.27. The summed E-state index contributed by atoms with van der Waals surface area (Å²) in [5.74, 6) is 1.35. The van der Waals surface area contributed by atoms with Crippen molar-refractivity contribution < 1.29 is 18.7 Å². The van der Waals surface area contributed by atoms with Crippen molar-refractivity contribution in [3.05, 3.63) is 80.7 Å². The van der Waals surface area contributed by atoms with E-state index >= 15 is 0 Å². The van der Waals surface area contributed by atoms with Crippen LogP contribution in [0.5, 0.6) is 11.5 Å². The van der Waals surface area contributed by atoms with Gasteiger partial charge in [0.2, 0.25) is 5.76 Å². The van der Waals surface area contributed by atoms with E-state index in [9.17, 15) is 9.59 Å². The molecule has 1 aromatic heterocycles. The number of halogens is 1. The van der Waals surface area contributed by atoms with Crippen molar-refractivity contribution in [1.82, 2.24) is 4.90 Å². The Labute approximate surface area is 203 Å². The van der Waals surface area contributed by atoms with E-state index in [4.69, 9.17) is 25.5 Å². The van der Waals surface area contributed by atoms with Crippen LogP contribution in [0.25, 0.3) is 11.0 Å². The monoisotopic (exact) mass is 481 g/mol. The van der Waals surface area contributed by atoms with Gasteiger partial charge in [-0.3, -0.25) is 9.59 Å². The van der Waals surface area contributed by atoms with Gasteiger partial charge < -0.3 is 18.8 Å². The minimum absolute atomic E-state index is 0.0438. The summed E-state index contributed by atoms with van der Waals surface area (Å²) in [6.07, 6.45) is 2.54. The van der Waals surface area contributed by atoms with E-state index in [0.29, 0.717) is 45.6 Å². The van der Waals surface area contributed by atoms with Gasteiger partial charge in [0.25, 0.3) is 5.91 Å². The predicted octanol–water partition coefficient (Wildman–Crippen LogP) is 5.92. The van der Waals surface area contributed by atoms with Crippen molar-refractivity contribution >= 4 is 28.5 Å². The van der Waals surface area contributed by atoms with Crippen molar-refractivity contribution in [2.75, 3.05) is 20.3 Å². The second kappa shape index (κ2) is 9.55. The first kappa shape index (κ1) is 23.9. The summed E-state index contributed by atoms with van der Waals surface area (Å²) in [5, 5.41) is 0.807. The molecule has 2 aromatic carbocycles. The van der Waals surface area contributed by atoms with E-state index in [0.717, 1.165) is 12.0 Å². The van der Waals surface area contributed by atoms with Crippen LogP contribution in [0.2, 0.25) is 5.02 Å². The van der Waals surface area contributed by atoms with Crippen molar-refractivity contribution in [3.8, 4) is 11.5 Å². The fraction of sp³-hybridized carbons (Fsp3) is 0.333. The van der Waals surface area contributed by atoms with Crippen LogP contribution in [0, 0.1) is 12.8 Å². The van der Waals surface area contributed by atoms with Crippen LogP contribution in [0.15, 0.2) is 52.2 Å². The van der Waals surface area contributed by atoms with Gasteiger partial charge in [-0.15, -0.1) is 6.58 Å². The number of aryl methyl sites for hydroxylation is 1. The number of methoxy groups -OCH3 is 1. The molecule has 1 aliphatic heterocycles. The molecular formula is C27H28ClNO5. The van der Waals surface area contributed by atoms with Gasteiger partial charge in [0.15, 0.2) is 16.9 Å². The summed E-state index contributed by atoms with van der Waals surface area (Å²) >= 11 is 6.29. The maximum Gasteiger partial charge on any atom is 0.291 e. The Morgan fingerprint density at radius 2 is 1.97 bits per heavy atom. The van der Waals surface area contributed by atoms with Crippen molar-refractivity contribution in [1.29, 1.82) is 0 Å². The van der Waals surface area contributed by atoms with Gasteiger partial charge in [0.1, 0.15) is 5.58 Å². The molecule has 4 rings (SSSR count). The lowest BCUT2D eigenvalue weighted by Crippen LogP contribution is -2.29. The Morgan fingerprint density at radius 3 is 2.65 bits per heavy atom. The summed E-state index contributed by atoms with van der Waals surface area (Å²) in [4.78, 5) is 28.5. The molecule has 2 heterocycles. The van der Waals surface area contributed by atoms with E-state index in [1.54, 1.807) is 36.3 Å². The largest absolute Gasteiger partial charge is 0.493 e. The number of hydrogen-bond acceptors (Lipinski definition) is 5. The molecule has 178 valence electrons. The lowest BCUT2D eigenvalue weighted by Gasteiger charge is -2.24. The number of carbonyl (C=O) groups is 1. The van der Waals surface area contributed by atoms with E-state index in [-0.39, 0.29) is 29.2 Å². The minimum Gasteiger partial charge on any atom is -0.493 e. The zero-order valence-corrected chi connectivity index (χ0v) is 20.6. The lowest BCUT2D eigenvalue weighted by atomic mass is 9.97. The Morgan fingerprint density at radius 1 is 1.21 bits per heavy atom. The van der Waals surface area contributed by atoms with E-state index in [1.807, 2.05) is 19.1 Å². The van der Waals surface area contributed by atoms with E-state index in [1.165, 1.54) is 0 Å². The maximum atomic E-state index is 13.6. The third-order valence-electron chi connectivity index (χ3n) is 6.03. The van der Waals surface area contributed by atoms with Crippen molar-refractivity contribution in [2.45, 2.75) is 33.2 Å². The second-order valence-electron chi connectivity index (χ2n) is 8.86.